The number of nitrogens with one attached hydrogen (secondary N) is 4. The van der Waals surface area contributed by atoms with Gasteiger partial charge in [0.2, 0.25) is 0 Å². The third kappa shape index (κ3) is 14.9. The fourth-order valence-electron chi connectivity index (χ4n) is 8.63. The van der Waals surface area contributed by atoms with Gasteiger partial charge in [-0.05, 0) is 73.4 Å². The van der Waals surface area contributed by atoms with E-state index in [1.807, 2.05) is 0 Å². The minimum absolute atomic E-state index is 0.0264. The van der Waals surface area contributed by atoms with Gasteiger partial charge in [-0.25, -0.2) is 66.2 Å². The molecule has 0 bridgehead atoms. The number of likely N-dealkylation sites (N-methyl/N-ethyl adjacent to an activating group) is 4. The summed E-state index contributed by atoms with van der Waals surface area (Å²) in [6.07, 6.45) is -9.90. The molecule has 0 aromatic carbocycles. The number of piperidine rings is 4. The fraction of sp³-hybridized carbons (Fsp3) is 0.500. The van der Waals surface area contributed by atoms with E-state index in [4.69, 9.17) is 81.1 Å². The van der Waals surface area contributed by atoms with Gasteiger partial charge in [-0.2, -0.15) is 0 Å². The van der Waals surface area contributed by atoms with Crippen LogP contribution in [0.15, 0.2) is 74.3 Å². The zero-order chi connectivity index (χ0) is 101. The molecular formula is C64H80N24O4. The highest BCUT2D eigenvalue weighted by Gasteiger charge is 2.37. The fourth-order valence-corrected chi connectivity index (χ4v) is 8.63. The Bertz CT molecular complexity index is 6030. The highest BCUT2D eigenvalue weighted by Crippen LogP contribution is 2.33. The zero-order valence-corrected chi connectivity index (χ0v) is 49.2. The number of aromatic amines is 4. The summed E-state index contributed by atoms with van der Waals surface area (Å²) >= 11 is 0. The molecule has 0 spiro atoms. The van der Waals surface area contributed by atoms with E-state index in [2.05, 4.69) is 79.2 Å². The van der Waals surface area contributed by atoms with Crippen molar-refractivity contribution in [2.45, 2.75) is 77.1 Å². The van der Waals surface area contributed by atoms with E-state index in [0.717, 1.165) is 37.9 Å². The van der Waals surface area contributed by atoms with Crippen LogP contribution in [0.25, 0.3) is 63.5 Å². The minimum Gasteiger partial charge on any atom is -0.354 e. The van der Waals surface area contributed by atoms with E-state index in [1.165, 1.54) is 57.0 Å². The average molecular weight is 1290 g/mol. The normalized spacial score (nSPS) is 39.2. The number of H-pyrrole nitrogens is 4. The zero-order valence-electron chi connectivity index (χ0n) is 89.2. The van der Waals surface area contributed by atoms with E-state index in [1.54, 1.807) is 6.07 Å². The molecular weight excluding hydrogens is 1170 g/mol. The molecule has 12 heterocycles. The van der Waals surface area contributed by atoms with Crippen molar-refractivity contribution < 1.29 is 74.0 Å². The molecule has 0 radical (unpaired) electrons. The molecule has 0 saturated carbocycles. The van der Waals surface area contributed by atoms with E-state index in [-0.39, 0.29) is 75.8 Å². The van der Waals surface area contributed by atoms with Crippen molar-refractivity contribution in [3.63, 3.8) is 0 Å². The Morgan fingerprint density at radius 1 is 0.467 bits per heavy atom. The molecule has 4 N–H and O–H groups in total. The monoisotopic (exact) mass is 1290 g/mol. The molecule has 8 atom stereocenters. The Balaban J connectivity index is 0.000000198. The van der Waals surface area contributed by atoms with Crippen LogP contribution in [0, 0.1) is 49.9 Å². The standard InChI is InChI=1S/4C16H20N6O/c4*1-11-5-7-22(14(23)8-17-2)9-13(11)21(3)16-12-4-6-18-15(12)19-10-20-16/h4*4,6,10-11,13H,5,7-9H2,1,3H3,(H,18,19,20)/t4*11-,13+/m1111/s1/i1D3,5D2,7D2,9D2,10D,11D,13D;5D2,7D2,9D2,10D,11D,13D;1D3,5D2,7D2,9D2,10D,13D;5D2,7D2,9D2,10D,13D. The quantitative estimate of drug-likeness (QED) is 0.0991. The molecule has 4 aliphatic rings. The SMILES string of the molecule is [2H]c1nc(N(C)[C@@]2([2H])C([2H])([2H])N(C(=O)C[N+]#[C-])C([2H])([2H])C([2H])([2H])[C@@]2([2H])C([2H])([2H])[2H])c2cc[nH]c2n1.[2H]c1nc(N(C)[C@@]2([2H])C([2H])([2H])N(C(=O)C[N+]#[C-])C([2H])([2H])C([2H])([2H])[C@@]2([2H])C)c2cc[nH]c2n1.[2H]c1nc(N(C)[C@]2([2H])[C@H](C([2H])([2H])[2H])C([2H])([2H])C([2H])([2H])N(C(=O)C[N+]#[C-])C2([2H])[2H])c2cc[nH]c2n1.[2H]c1nc(N(C)[C@]2([2H])[C@H](C)C([2H])([2H])C([2H])([2H])N(C(=O)C[N+]#[C-])C2([2H])[2H])c2cc[nH]c2n1. The number of carbonyl (C=O) groups excluding carboxylic acids is 4. The lowest BCUT2D eigenvalue weighted by atomic mass is 9.92. The Labute approximate surface area is 591 Å². The summed E-state index contributed by atoms with van der Waals surface area (Å²) < 4.78 is 336. The number of aromatic nitrogens is 12. The van der Waals surface area contributed by atoms with Gasteiger partial charge in [-0.3, -0.25) is 19.2 Å². The Hall–Kier alpha value is -10.5. The van der Waals surface area contributed by atoms with Gasteiger partial charge in [0.1, 0.15) is 76.6 Å². The van der Waals surface area contributed by atoms with Crippen LogP contribution in [0.3, 0.4) is 0 Å². The molecule has 480 valence electrons. The van der Waals surface area contributed by atoms with Crippen LogP contribution in [0.5, 0.6) is 0 Å². The number of anilines is 4. The summed E-state index contributed by atoms with van der Waals surface area (Å²) in [5.41, 5.74) is 0.564. The predicted octanol–water partition coefficient (Wildman–Crippen LogP) is 6.20. The topological polar surface area (TPSA) is 278 Å². The van der Waals surface area contributed by atoms with Gasteiger partial charge in [0.05, 0.1) is 62.1 Å². The second-order valence-electron chi connectivity index (χ2n) is 19.0. The minimum atomic E-state index is -3.89. The van der Waals surface area contributed by atoms with Crippen LogP contribution in [-0.2, 0) is 19.2 Å². The van der Waals surface area contributed by atoms with Crippen LogP contribution < -0.4 is 19.6 Å². The van der Waals surface area contributed by atoms with E-state index in [9.17, 15) is 19.2 Å². The van der Waals surface area contributed by atoms with Crippen LogP contribution in [-0.4, -0.2) is 233 Å². The molecule has 12 rings (SSSR count). The van der Waals surface area contributed by atoms with Crippen molar-refractivity contribution in [1.29, 1.82) is 0 Å². The third-order valence-corrected chi connectivity index (χ3v) is 13.2. The van der Waals surface area contributed by atoms with Gasteiger partial charge < -0.3 is 78.5 Å². The molecule has 0 aliphatic carbocycles. The number of hydrogen-bond donors (Lipinski definition) is 4. The Morgan fingerprint density at radius 3 is 1.08 bits per heavy atom. The van der Waals surface area contributed by atoms with Crippen molar-refractivity contribution in [2.24, 2.45) is 23.6 Å². The number of amides is 4. The number of likely N-dealkylation sites (tertiary alicyclic amines) is 4. The van der Waals surface area contributed by atoms with Crippen molar-refractivity contribution in [3.05, 3.63) is 120 Å². The molecule has 28 nitrogen and oxygen atoms in total. The second-order valence-corrected chi connectivity index (χ2v) is 19.0. The maximum atomic E-state index is 12.8. The second kappa shape index (κ2) is 30.4. The average Bonchev–Trinajstić information content (AvgIpc) is 1.04. The van der Waals surface area contributed by atoms with Crippen LogP contribution in [0.4, 0.5) is 23.3 Å². The van der Waals surface area contributed by atoms with Crippen molar-refractivity contribution in [3.8, 4) is 0 Å². The molecule has 4 aliphatic heterocycles. The van der Waals surface area contributed by atoms with Crippen molar-refractivity contribution in [2.75, 3.05) is 126 Å². The first-order valence-corrected chi connectivity index (χ1v) is 26.6. The van der Waals surface area contributed by atoms with Crippen molar-refractivity contribution in [1.82, 2.24) is 79.4 Å². The first-order chi connectivity index (χ1) is 59.8. The summed E-state index contributed by atoms with van der Waals surface area (Å²) in [5.74, 6) is -17.6. The van der Waals surface area contributed by atoms with Crippen LogP contribution in [0.2, 0.25) is 0 Å². The number of fused-ring (bicyclic) bond motifs is 4. The smallest absolute Gasteiger partial charge is 0.302 e. The highest BCUT2D eigenvalue weighted by molar-refractivity contribution is 5.90. The van der Waals surface area contributed by atoms with Crippen molar-refractivity contribution >= 4 is 91.0 Å². The van der Waals surface area contributed by atoms with E-state index < -0.39 is 220 Å². The summed E-state index contributed by atoms with van der Waals surface area (Å²) in [5, 5.41) is 0.793. The highest BCUT2D eigenvalue weighted by atomic mass is 16.2. The lowest BCUT2D eigenvalue weighted by Gasteiger charge is -2.41. The number of nitrogens with zero attached hydrogens (tertiary/aromatic N) is 20. The van der Waals surface area contributed by atoms with E-state index >= 15 is 0 Å². The summed E-state index contributed by atoms with van der Waals surface area (Å²) in [6.45, 7) is -9.05. The maximum Gasteiger partial charge on any atom is 0.302 e. The van der Waals surface area contributed by atoms with Gasteiger partial charge in [0.25, 0.3) is 26.2 Å². The van der Waals surface area contributed by atoms with Gasteiger partial charge in [-0.1, -0.05) is 27.6 Å². The number of rotatable bonds is 12. The van der Waals surface area contributed by atoms with Gasteiger partial charge in [0, 0.05) is 138 Å². The molecule has 92 heavy (non-hydrogen) atoms. The van der Waals surface area contributed by atoms with Gasteiger partial charge in [-0.15, -0.1) is 0 Å². The van der Waals surface area contributed by atoms with Crippen LogP contribution in [0.1, 0.15) is 108 Å². The molecule has 8 aromatic heterocycles. The van der Waals surface area contributed by atoms with E-state index in [0.29, 0.717) is 15.2 Å². The van der Waals surface area contributed by atoms with Crippen LogP contribution >= 0.6 is 0 Å². The largest absolute Gasteiger partial charge is 0.354 e. The Kier molecular flexibility index (Phi) is 10.4. The van der Waals surface area contributed by atoms with Gasteiger partial charge >= 0.3 is 23.6 Å². The molecule has 4 saturated heterocycles. The molecule has 4 fully saturated rings. The molecule has 0 unspecified atom stereocenters. The molecule has 8 aromatic rings. The maximum absolute atomic E-state index is 12.8. The number of carbonyl (C=O) groups is 4. The third-order valence-electron chi connectivity index (χ3n) is 13.2. The summed E-state index contributed by atoms with van der Waals surface area (Å²) in [6, 6.07) is -6.59. The predicted molar refractivity (Wildman–Crippen MR) is 352 cm³/mol. The summed E-state index contributed by atoms with van der Waals surface area (Å²) in [7, 11) is 4.40. The molecule has 4 amide bonds. The Morgan fingerprint density at radius 2 is 0.750 bits per heavy atom. The van der Waals surface area contributed by atoms with Gasteiger partial charge in [0.15, 0.2) is 0 Å². The summed E-state index contributed by atoms with van der Waals surface area (Å²) in [4.78, 5) is 107. The lowest BCUT2D eigenvalue weighted by molar-refractivity contribution is -0.131. The first kappa shape index (κ1) is 31.5. The molecule has 28 heteroatoms. The number of hydrogen-bond acceptors (Lipinski definition) is 16. The first-order valence-electron chi connectivity index (χ1n) is 46.6. The lowest BCUT2D eigenvalue weighted by Crippen LogP contribution is -2.53.